The Bertz CT molecular complexity index is 389. The molecule has 0 saturated heterocycles. The first-order valence-corrected chi connectivity index (χ1v) is 5.28. The van der Waals surface area contributed by atoms with Crippen molar-refractivity contribution in [3.8, 4) is 0 Å². The number of nitrogens with zero attached hydrogens (tertiary/aromatic N) is 1. The Kier molecular flexibility index (Phi) is 4.28. The lowest BCUT2D eigenvalue weighted by atomic mass is 10.2. The Morgan fingerprint density at radius 1 is 1.53 bits per heavy atom. The first kappa shape index (κ1) is 13.7. The van der Waals surface area contributed by atoms with Crippen molar-refractivity contribution in [2.75, 3.05) is 5.32 Å². The summed E-state index contributed by atoms with van der Waals surface area (Å²) in [5.41, 5.74) is 6.29. The van der Waals surface area contributed by atoms with Crippen LogP contribution in [0.15, 0.2) is 18.3 Å². The maximum atomic E-state index is 12.1. The van der Waals surface area contributed by atoms with E-state index in [0.717, 1.165) is 0 Å². The summed E-state index contributed by atoms with van der Waals surface area (Å²) in [6.45, 7) is 1.45. The third-order valence-electron chi connectivity index (χ3n) is 1.97. The van der Waals surface area contributed by atoms with Gasteiger partial charge < -0.3 is 11.1 Å². The van der Waals surface area contributed by atoms with E-state index in [9.17, 15) is 13.2 Å². The molecule has 0 bridgehead atoms. The van der Waals surface area contributed by atoms with Crippen molar-refractivity contribution in [1.29, 1.82) is 0 Å². The van der Waals surface area contributed by atoms with E-state index in [1.807, 2.05) is 0 Å². The summed E-state index contributed by atoms with van der Waals surface area (Å²) in [6.07, 6.45) is -3.68. The Balaban J connectivity index is 2.60. The number of anilines is 1. The molecule has 0 fully saturated rings. The van der Waals surface area contributed by atoms with Gasteiger partial charge in [-0.2, -0.15) is 13.2 Å². The van der Waals surface area contributed by atoms with Crippen molar-refractivity contribution < 1.29 is 13.2 Å². The number of alkyl halides is 3. The normalized spacial score (nSPS) is 13.2. The van der Waals surface area contributed by atoms with E-state index in [1.165, 1.54) is 13.1 Å². The minimum atomic E-state index is -4.18. The second-order valence-corrected chi connectivity index (χ2v) is 4.10. The maximum absolute atomic E-state index is 12.1. The van der Waals surface area contributed by atoms with E-state index in [2.05, 4.69) is 10.3 Å². The summed E-state index contributed by atoms with van der Waals surface area (Å²) in [5.74, 6) is 0. The van der Waals surface area contributed by atoms with Gasteiger partial charge in [-0.25, -0.2) is 0 Å². The van der Waals surface area contributed by atoms with Gasteiger partial charge in [0.1, 0.15) is 4.99 Å². The van der Waals surface area contributed by atoms with Gasteiger partial charge in [0.2, 0.25) is 0 Å². The Hall–Kier alpha value is -1.37. The zero-order valence-corrected chi connectivity index (χ0v) is 9.90. The molecule has 0 radical (unpaired) electrons. The summed E-state index contributed by atoms with van der Waals surface area (Å²) in [4.78, 5) is 4.07. The monoisotopic (exact) mass is 263 g/mol. The number of rotatable bonds is 4. The van der Waals surface area contributed by atoms with Gasteiger partial charge in [-0.1, -0.05) is 12.2 Å². The van der Waals surface area contributed by atoms with Crippen molar-refractivity contribution in [2.45, 2.75) is 25.6 Å². The average Bonchev–Trinajstić information content (AvgIpc) is 2.15. The maximum Gasteiger partial charge on any atom is 0.391 e. The molecule has 0 aliphatic heterocycles. The van der Waals surface area contributed by atoms with Gasteiger partial charge in [0.05, 0.1) is 24.0 Å². The Morgan fingerprint density at radius 2 is 2.18 bits per heavy atom. The number of pyridine rings is 1. The van der Waals surface area contributed by atoms with Crippen LogP contribution in [0.5, 0.6) is 0 Å². The molecule has 1 unspecified atom stereocenters. The van der Waals surface area contributed by atoms with Crippen LogP contribution < -0.4 is 11.1 Å². The van der Waals surface area contributed by atoms with Gasteiger partial charge in [0, 0.05) is 6.04 Å². The molecular weight excluding hydrogens is 251 g/mol. The fourth-order valence-electron chi connectivity index (χ4n) is 1.31. The quantitative estimate of drug-likeness (QED) is 0.819. The molecule has 3 N–H and O–H groups in total. The van der Waals surface area contributed by atoms with Gasteiger partial charge in [-0.3, -0.25) is 4.98 Å². The summed E-state index contributed by atoms with van der Waals surface area (Å²) >= 11 is 4.71. The summed E-state index contributed by atoms with van der Waals surface area (Å²) in [7, 11) is 0. The minimum Gasteiger partial charge on any atom is -0.388 e. The van der Waals surface area contributed by atoms with Crippen LogP contribution in [-0.4, -0.2) is 22.2 Å². The molecule has 1 aromatic rings. The number of halogens is 3. The molecule has 0 spiro atoms. The average molecular weight is 263 g/mol. The number of thiocarbonyl (C=S) groups is 1. The molecule has 0 amide bonds. The molecule has 1 rings (SSSR count). The van der Waals surface area contributed by atoms with Gasteiger partial charge in [0.15, 0.2) is 0 Å². The fraction of sp³-hybridized carbons (Fsp3) is 0.400. The third kappa shape index (κ3) is 4.99. The standard InChI is InChI=1S/C10H12F3N3S/c1-6(4-10(11,12)13)16-7-2-3-8(9(14)17)15-5-7/h2-3,5-6,16H,4H2,1H3,(H2,14,17). The SMILES string of the molecule is CC(CC(F)(F)F)Nc1ccc(C(N)=S)nc1. The van der Waals surface area contributed by atoms with Crippen LogP contribution in [0.25, 0.3) is 0 Å². The number of hydrogen-bond donors (Lipinski definition) is 2. The molecule has 1 heterocycles. The fourth-order valence-corrected chi connectivity index (χ4v) is 1.43. The summed E-state index contributed by atoms with van der Waals surface area (Å²) in [5, 5.41) is 2.70. The van der Waals surface area contributed by atoms with E-state index in [1.54, 1.807) is 12.1 Å². The van der Waals surface area contributed by atoms with E-state index in [0.29, 0.717) is 11.4 Å². The van der Waals surface area contributed by atoms with Crippen molar-refractivity contribution in [3.63, 3.8) is 0 Å². The lowest BCUT2D eigenvalue weighted by Gasteiger charge is -2.16. The van der Waals surface area contributed by atoms with Crippen molar-refractivity contribution in [1.82, 2.24) is 4.98 Å². The van der Waals surface area contributed by atoms with Crippen LogP contribution in [0.1, 0.15) is 19.0 Å². The highest BCUT2D eigenvalue weighted by atomic mass is 32.1. The first-order valence-electron chi connectivity index (χ1n) is 4.87. The smallest absolute Gasteiger partial charge is 0.388 e. The van der Waals surface area contributed by atoms with Gasteiger partial charge in [-0.15, -0.1) is 0 Å². The molecule has 0 aliphatic carbocycles. The number of aromatic nitrogens is 1. The third-order valence-corrected chi connectivity index (χ3v) is 2.18. The highest BCUT2D eigenvalue weighted by Gasteiger charge is 2.29. The lowest BCUT2D eigenvalue weighted by Crippen LogP contribution is -2.24. The Labute approximate surface area is 102 Å². The zero-order valence-electron chi connectivity index (χ0n) is 9.08. The largest absolute Gasteiger partial charge is 0.391 e. The molecule has 7 heteroatoms. The molecule has 0 saturated carbocycles. The number of hydrogen-bond acceptors (Lipinski definition) is 3. The predicted octanol–water partition coefficient (Wildman–Crippen LogP) is 2.47. The zero-order chi connectivity index (χ0) is 13.1. The first-order chi connectivity index (χ1) is 7.78. The van der Waals surface area contributed by atoms with Crippen LogP contribution >= 0.6 is 12.2 Å². The number of nitrogens with one attached hydrogen (secondary N) is 1. The van der Waals surface area contributed by atoms with Crippen molar-refractivity contribution in [3.05, 3.63) is 24.0 Å². The molecule has 17 heavy (non-hydrogen) atoms. The molecule has 1 aromatic heterocycles. The molecule has 0 aliphatic rings. The predicted molar refractivity (Wildman–Crippen MR) is 63.9 cm³/mol. The van der Waals surface area contributed by atoms with Gasteiger partial charge in [-0.05, 0) is 19.1 Å². The van der Waals surface area contributed by atoms with E-state index >= 15 is 0 Å². The molecule has 94 valence electrons. The van der Waals surface area contributed by atoms with Crippen molar-refractivity contribution in [2.24, 2.45) is 5.73 Å². The summed E-state index contributed by atoms with van der Waals surface area (Å²) < 4.78 is 36.3. The molecule has 3 nitrogen and oxygen atoms in total. The number of nitrogens with two attached hydrogens (primary N) is 1. The summed E-state index contributed by atoms with van der Waals surface area (Å²) in [6, 6.07) is 2.44. The van der Waals surface area contributed by atoms with Crippen LogP contribution in [-0.2, 0) is 0 Å². The highest BCUT2D eigenvalue weighted by Crippen LogP contribution is 2.23. The highest BCUT2D eigenvalue weighted by molar-refractivity contribution is 7.80. The lowest BCUT2D eigenvalue weighted by molar-refractivity contribution is -0.136. The van der Waals surface area contributed by atoms with Gasteiger partial charge in [0.25, 0.3) is 0 Å². The molecular formula is C10H12F3N3S. The Morgan fingerprint density at radius 3 is 2.59 bits per heavy atom. The molecule has 0 aromatic carbocycles. The van der Waals surface area contributed by atoms with Gasteiger partial charge >= 0.3 is 6.18 Å². The van der Waals surface area contributed by atoms with Crippen LogP contribution in [0.4, 0.5) is 18.9 Å². The minimum absolute atomic E-state index is 0.153. The molecule has 1 atom stereocenters. The van der Waals surface area contributed by atoms with Crippen LogP contribution in [0, 0.1) is 0 Å². The van der Waals surface area contributed by atoms with E-state index in [-0.39, 0.29) is 4.99 Å². The topological polar surface area (TPSA) is 50.9 Å². The van der Waals surface area contributed by atoms with E-state index in [4.69, 9.17) is 18.0 Å². The van der Waals surface area contributed by atoms with Crippen molar-refractivity contribution >= 4 is 22.9 Å². The second kappa shape index (κ2) is 5.31. The van der Waals surface area contributed by atoms with Crippen LogP contribution in [0.3, 0.4) is 0 Å². The second-order valence-electron chi connectivity index (χ2n) is 3.66. The van der Waals surface area contributed by atoms with Crippen LogP contribution in [0.2, 0.25) is 0 Å². The van der Waals surface area contributed by atoms with E-state index < -0.39 is 18.6 Å².